The normalized spacial score (nSPS) is 18.1. The molecule has 1 rings (SSSR count). The monoisotopic (exact) mass is 226 g/mol. The minimum absolute atomic E-state index is 0.314. The van der Waals surface area contributed by atoms with Crippen molar-refractivity contribution in [1.29, 1.82) is 0 Å². The molecular weight excluding hydrogens is 200 g/mol. The van der Waals surface area contributed by atoms with Gasteiger partial charge in [0.15, 0.2) is 0 Å². The van der Waals surface area contributed by atoms with Crippen molar-refractivity contribution in [2.24, 2.45) is 0 Å². The summed E-state index contributed by atoms with van der Waals surface area (Å²) in [6, 6.07) is 0. The molecule has 1 amide bonds. The van der Waals surface area contributed by atoms with Gasteiger partial charge in [-0.1, -0.05) is 12.8 Å². The van der Waals surface area contributed by atoms with Gasteiger partial charge in [0, 0.05) is 26.1 Å². The van der Waals surface area contributed by atoms with Crippen LogP contribution in [0.4, 0.5) is 0 Å². The van der Waals surface area contributed by atoms with Crippen molar-refractivity contribution < 1.29 is 4.79 Å². The Morgan fingerprint density at radius 2 is 1.62 bits per heavy atom. The molecule has 0 N–H and O–H groups in total. The lowest BCUT2D eigenvalue weighted by Crippen LogP contribution is -2.34. The first-order chi connectivity index (χ1) is 7.77. The molecule has 1 fully saturated rings. The molecule has 0 spiro atoms. The number of rotatable bonds is 5. The van der Waals surface area contributed by atoms with Gasteiger partial charge in [0.2, 0.25) is 5.91 Å². The van der Waals surface area contributed by atoms with Gasteiger partial charge in [-0.05, 0) is 39.8 Å². The second kappa shape index (κ2) is 7.66. The van der Waals surface area contributed by atoms with E-state index in [9.17, 15) is 4.79 Å². The highest BCUT2D eigenvalue weighted by molar-refractivity contribution is 5.76. The predicted molar refractivity (Wildman–Crippen MR) is 67.5 cm³/mol. The summed E-state index contributed by atoms with van der Waals surface area (Å²) in [6.07, 6.45) is 6.03. The smallest absolute Gasteiger partial charge is 0.223 e. The molecule has 0 aliphatic carbocycles. The standard InChI is InChI=1S/C13H26N2O/c1-3-15(4-2)13(16)9-12-14-10-7-5-6-8-11-14/h3-12H2,1-2H3. The topological polar surface area (TPSA) is 23.6 Å². The van der Waals surface area contributed by atoms with Gasteiger partial charge in [-0.2, -0.15) is 0 Å². The van der Waals surface area contributed by atoms with Crippen molar-refractivity contribution in [2.75, 3.05) is 32.7 Å². The number of carbonyl (C=O) groups excluding carboxylic acids is 1. The van der Waals surface area contributed by atoms with Crippen LogP contribution in [0.5, 0.6) is 0 Å². The highest BCUT2D eigenvalue weighted by Gasteiger charge is 2.13. The SMILES string of the molecule is CCN(CC)C(=O)CCN1CCCCCC1. The quantitative estimate of drug-likeness (QED) is 0.717. The van der Waals surface area contributed by atoms with E-state index in [0.29, 0.717) is 12.3 Å². The molecule has 94 valence electrons. The van der Waals surface area contributed by atoms with E-state index < -0.39 is 0 Å². The zero-order chi connectivity index (χ0) is 11.8. The maximum atomic E-state index is 11.8. The second-order valence-electron chi connectivity index (χ2n) is 4.57. The van der Waals surface area contributed by atoms with Crippen LogP contribution in [0.2, 0.25) is 0 Å². The van der Waals surface area contributed by atoms with E-state index in [1.807, 2.05) is 18.7 Å². The summed E-state index contributed by atoms with van der Waals surface area (Å²) in [6.45, 7) is 9.11. The number of likely N-dealkylation sites (tertiary alicyclic amines) is 1. The lowest BCUT2D eigenvalue weighted by Gasteiger charge is -2.23. The molecule has 0 bridgehead atoms. The van der Waals surface area contributed by atoms with Gasteiger partial charge in [0.1, 0.15) is 0 Å². The number of nitrogens with zero attached hydrogens (tertiary/aromatic N) is 2. The van der Waals surface area contributed by atoms with Crippen molar-refractivity contribution in [2.45, 2.75) is 46.0 Å². The maximum absolute atomic E-state index is 11.8. The summed E-state index contributed by atoms with van der Waals surface area (Å²) in [4.78, 5) is 16.2. The Labute approximate surface area is 99.8 Å². The predicted octanol–water partition coefficient (Wildman–Crippen LogP) is 2.12. The molecule has 0 aromatic heterocycles. The summed E-state index contributed by atoms with van der Waals surface area (Å²) in [5, 5.41) is 0. The molecule has 0 atom stereocenters. The fraction of sp³-hybridized carbons (Fsp3) is 0.923. The van der Waals surface area contributed by atoms with Crippen molar-refractivity contribution in [1.82, 2.24) is 9.80 Å². The van der Waals surface area contributed by atoms with Crippen LogP contribution in [-0.4, -0.2) is 48.4 Å². The van der Waals surface area contributed by atoms with Crippen LogP contribution in [0.1, 0.15) is 46.0 Å². The molecule has 3 heteroatoms. The minimum atomic E-state index is 0.314. The van der Waals surface area contributed by atoms with E-state index in [1.165, 1.54) is 38.8 Å². The Balaban J connectivity index is 2.24. The molecule has 0 aromatic rings. The first-order valence-corrected chi connectivity index (χ1v) is 6.78. The largest absolute Gasteiger partial charge is 0.343 e. The van der Waals surface area contributed by atoms with E-state index in [-0.39, 0.29) is 0 Å². The summed E-state index contributed by atoms with van der Waals surface area (Å²) in [5.74, 6) is 0.314. The molecule has 0 saturated carbocycles. The average molecular weight is 226 g/mol. The number of amides is 1. The van der Waals surface area contributed by atoms with Gasteiger partial charge in [-0.15, -0.1) is 0 Å². The van der Waals surface area contributed by atoms with Crippen LogP contribution in [0.15, 0.2) is 0 Å². The lowest BCUT2D eigenvalue weighted by molar-refractivity contribution is -0.131. The van der Waals surface area contributed by atoms with Gasteiger partial charge in [0.05, 0.1) is 0 Å². The van der Waals surface area contributed by atoms with Gasteiger partial charge in [-0.25, -0.2) is 0 Å². The molecule has 0 radical (unpaired) electrons. The third-order valence-electron chi connectivity index (χ3n) is 3.46. The minimum Gasteiger partial charge on any atom is -0.343 e. The highest BCUT2D eigenvalue weighted by atomic mass is 16.2. The van der Waals surface area contributed by atoms with E-state index in [4.69, 9.17) is 0 Å². The summed E-state index contributed by atoms with van der Waals surface area (Å²) < 4.78 is 0. The second-order valence-corrected chi connectivity index (χ2v) is 4.57. The molecule has 1 saturated heterocycles. The van der Waals surface area contributed by atoms with Crippen molar-refractivity contribution in [3.05, 3.63) is 0 Å². The fourth-order valence-electron chi connectivity index (χ4n) is 2.35. The Morgan fingerprint density at radius 1 is 1.06 bits per heavy atom. The summed E-state index contributed by atoms with van der Waals surface area (Å²) >= 11 is 0. The molecular formula is C13H26N2O. The van der Waals surface area contributed by atoms with Crippen LogP contribution < -0.4 is 0 Å². The molecule has 3 nitrogen and oxygen atoms in total. The van der Waals surface area contributed by atoms with Crippen LogP contribution >= 0.6 is 0 Å². The molecule has 0 aromatic carbocycles. The molecule has 1 heterocycles. The third kappa shape index (κ3) is 4.52. The Bertz CT molecular complexity index is 194. The van der Waals surface area contributed by atoms with E-state index in [1.54, 1.807) is 0 Å². The van der Waals surface area contributed by atoms with Gasteiger partial charge < -0.3 is 9.80 Å². The number of hydrogen-bond donors (Lipinski definition) is 0. The highest BCUT2D eigenvalue weighted by Crippen LogP contribution is 2.10. The molecule has 0 unspecified atom stereocenters. The van der Waals surface area contributed by atoms with Gasteiger partial charge in [0.25, 0.3) is 0 Å². The van der Waals surface area contributed by atoms with Crippen LogP contribution in [0.3, 0.4) is 0 Å². The van der Waals surface area contributed by atoms with E-state index in [2.05, 4.69) is 4.90 Å². The lowest BCUT2D eigenvalue weighted by atomic mass is 10.2. The molecule has 1 aliphatic rings. The molecule has 1 aliphatic heterocycles. The van der Waals surface area contributed by atoms with Crippen molar-refractivity contribution in [3.8, 4) is 0 Å². The zero-order valence-corrected chi connectivity index (χ0v) is 10.9. The summed E-state index contributed by atoms with van der Waals surface area (Å²) in [5.41, 5.74) is 0. The number of carbonyl (C=O) groups is 1. The van der Waals surface area contributed by atoms with Crippen molar-refractivity contribution in [3.63, 3.8) is 0 Å². The average Bonchev–Trinajstić information content (AvgIpc) is 2.56. The van der Waals surface area contributed by atoms with E-state index >= 15 is 0 Å². The zero-order valence-electron chi connectivity index (χ0n) is 10.9. The molecule has 16 heavy (non-hydrogen) atoms. The first kappa shape index (κ1) is 13.5. The Hall–Kier alpha value is -0.570. The van der Waals surface area contributed by atoms with Crippen LogP contribution in [0, 0.1) is 0 Å². The van der Waals surface area contributed by atoms with Crippen LogP contribution in [0.25, 0.3) is 0 Å². The fourth-order valence-corrected chi connectivity index (χ4v) is 2.35. The van der Waals surface area contributed by atoms with Crippen molar-refractivity contribution >= 4 is 5.91 Å². The third-order valence-corrected chi connectivity index (χ3v) is 3.46. The maximum Gasteiger partial charge on any atom is 0.223 e. The van der Waals surface area contributed by atoms with Gasteiger partial charge >= 0.3 is 0 Å². The van der Waals surface area contributed by atoms with E-state index in [0.717, 1.165) is 19.6 Å². The van der Waals surface area contributed by atoms with Gasteiger partial charge in [-0.3, -0.25) is 4.79 Å². The van der Waals surface area contributed by atoms with Crippen LogP contribution in [-0.2, 0) is 4.79 Å². The Kier molecular flexibility index (Phi) is 6.46. The number of hydrogen-bond acceptors (Lipinski definition) is 2. The summed E-state index contributed by atoms with van der Waals surface area (Å²) in [7, 11) is 0. The first-order valence-electron chi connectivity index (χ1n) is 6.78. The Morgan fingerprint density at radius 3 is 2.12 bits per heavy atom.